The fourth-order valence-electron chi connectivity index (χ4n) is 0.741. The van der Waals surface area contributed by atoms with Crippen molar-refractivity contribution >= 4 is 15.9 Å². The Labute approximate surface area is 68.8 Å². The quantitative estimate of drug-likeness (QED) is 0.739. The van der Waals surface area contributed by atoms with Gasteiger partial charge >= 0.3 is 0 Å². The molecule has 1 nitrogen and oxygen atoms in total. The van der Waals surface area contributed by atoms with Gasteiger partial charge in [-0.05, 0) is 24.6 Å². The summed E-state index contributed by atoms with van der Waals surface area (Å²) in [6, 6.07) is 7.63. The fraction of sp³-hybridized carbons (Fsp3) is 0.250. The molecular weight excluding hydrogens is 192 g/mol. The Kier molecular flexibility index (Phi) is 2.46. The predicted molar refractivity (Wildman–Crippen MR) is 44.8 cm³/mol. The molecule has 0 aromatic heterocycles. The summed E-state index contributed by atoms with van der Waals surface area (Å²) < 4.78 is 1.04. The minimum atomic E-state index is -0.368. The normalized spacial score (nSPS) is 13.1. The second-order valence-corrected chi connectivity index (χ2v) is 3.14. The zero-order valence-corrected chi connectivity index (χ0v) is 7.30. The van der Waals surface area contributed by atoms with E-state index in [4.69, 9.17) is 5.11 Å². The van der Waals surface area contributed by atoms with Gasteiger partial charge in [0, 0.05) is 4.47 Å². The lowest BCUT2D eigenvalue weighted by molar-refractivity contribution is 0.199. The molecule has 0 saturated carbocycles. The highest BCUT2D eigenvalue weighted by atomic mass is 79.9. The van der Waals surface area contributed by atoms with Crippen LogP contribution < -0.4 is 0 Å². The molecule has 1 aromatic rings. The van der Waals surface area contributed by atoms with Gasteiger partial charge in [0.25, 0.3) is 0 Å². The van der Waals surface area contributed by atoms with Gasteiger partial charge in [-0.1, -0.05) is 28.1 Å². The highest BCUT2D eigenvalue weighted by Crippen LogP contribution is 2.15. The van der Waals surface area contributed by atoms with Crippen LogP contribution in [0.1, 0.15) is 18.6 Å². The second-order valence-electron chi connectivity index (χ2n) is 2.23. The van der Waals surface area contributed by atoms with Crippen molar-refractivity contribution in [2.45, 2.75) is 13.0 Å². The van der Waals surface area contributed by atoms with Crippen molar-refractivity contribution in [2.24, 2.45) is 0 Å². The first kappa shape index (κ1) is 7.76. The zero-order valence-electron chi connectivity index (χ0n) is 5.71. The molecule has 1 N–H and O–H groups in total. The standard InChI is InChI=1S/C8H9BrO/c1-6(10)7-2-4-8(9)5-3-7/h2-6,10H,1H3/t6-/m0/s1. The van der Waals surface area contributed by atoms with Crippen molar-refractivity contribution in [1.29, 1.82) is 0 Å². The number of hydrogen-bond acceptors (Lipinski definition) is 1. The van der Waals surface area contributed by atoms with Crippen LogP contribution in [0.4, 0.5) is 0 Å². The first-order valence-corrected chi connectivity index (χ1v) is 3.93. The number of rotatable bonds is 1. The van der Waals surface area contributed by atoms with Crippen LogP contribution in [0.2, 0.25) is 0 Å². The lowest BCUT2D eigenvalue weighted by Crippen LogP contribution is -1.88. The van der Waals surface area contributed by atoms with Gasteiger partial charge in [-0.25, -0.2) is 0 Å². The van der Waals surface area contributed by atoms with E-state index in [2.05, 4.69) is 15.9 Å². The molecule has 54 valence electrons. The Balaban J connectivity index is 2.89. The van der Waals surface area contributed by atoms with Gasteiger partial charge in [0.2, 0.25) is 0 Å². The maximum absolute atomic E-state index is 9.10. The summed E-state index contributed by atoms with van der Waals surface area (Å²) in [5.41, 5.74) is 0.947. The lowest BCUT2D eigenvalue weighted by atomic mass is 10.1. The van der Waals surface area contributed by atoms with E-state index < -0.39 is 0 Å². The first-order valence-electron chi connectivity index (χ1n) is 3.13. The minimum Gasteiger partial charge on any atom is -0.389 e. The van der Waals surface area contributed by atoms with Crippen molar-refractivity contribution in [2.75, 3.05) is 0 Å². The predicted octanol–water partition coefficient (Wildman–Crippen LogP) is 2.50. The Bertz CT molecular complexity index is 203. The molecule has 0 aliphatic carbocycles. The molecule has 1 aromatic carbocycles. The third kappa shape index (κ3) is 1.82. The van der Waals surface area contributed by atoms with E-state index in [0.717, 1.165) is 10.0 Å². The van der Waals surface area contributed by atoms with Gasteiger partial charge in [0.1, 0.15) is 0 Å². The summed E-state index contributed by atoms with van der Waals surface area (Å²) in [4.78, 5) is 0. The second kappa shape index (κ2) is 3.17. The summed E-state index contributed by atoms with van der Waals surface area (Å²) >= 11 is 3.31. The molecular formula is C8H9BrO. The lowest BCUT2D eigenvalue weighted by Gasteiger charge is -2.02. The number of halogens is 1. The Morgan fingerprint density at radius 3 is 2.20 bits per heavy atom. The highest BCUT2D eigenvalue weighted by molar-refractivity contribution is 9.10. The molecule has 0 fully saturated rings. The first-order chi connectivity index (χ1) is 4.70. The molecule has 1 atom stereocenters. The molecule has 10 heavy (non-hydrogen) atoms. The molecule has 1 rings (SSSR count). The Morgan fingerprint density at radius 1 is 1.30 bits per heavy atom. The maximum Gasteiger partial charge on any atom is 0.0761 e. The molecule has 0 amide bonds. The largest absolute Gasteiger partial charge is 0.389 e. The van der Waals surface area contributed by atoms with Crippen LogP contribution in [0.3, 0.4) is 0 Å². The molecule has 0 saturated heterocycles. The average molecular weight is 201 g/mol. The molecule has 0 radical (unpaired) electrons. The van der Waals surface area contributed by atoms with Gasteiger partial charge in [-0.2, -0.15) is 0 Å². The van der Waals surface area contributed by atoms with Gasteiger partial charge in [-0.15, -0.1) is 0 Å². The number of hydrogen-bond donors (Lipinski definition) is 1. The Morgan fingerprint density at radius 2 is 1.80 bits per heavy atom. The van der Waals surface area contributed by atoms with Crippen molar-refractivity contribution < 1.29 is 5.11 Å². The third-order valence-electron chi connectivity index (χ3n) is 1.35. The summed E-state index contributed by atoms with van der Waals surface area (Å²) in [5, 5.41) is 9.10. The van der Waals surface area contributed by atoms with Crippen LogP contribution in [0, 0.1) is 0 Å². The summed E-state index contributed by atoms with van der Waals surface area (Å²) in [5.74, 6) is 0. The topological polar surface area (TPSA) is 20.2 Å². The van der Waals surface area contributed by atoms with E-state index in [1.165, 1.54) is 0 Å². The van der Waals surface area contributed by atoms with E-state index in [0.29, 0.717) is 0 Å². The molecule has 0 spiro atoms. The summed E-state index contributed by atoms with van der Waals surface area (Å²) in [6.45, 7) is 1.75. The smallest absolute Gasteiger partial charge is 0.0761 e. The summed E-state index contributed by atoms with van der Waals surface area (Å²) in [6.07, 6.45) is -0.368. The molecule has 0 unspecified atom stereocenters. The number of benzene rings is 1. The third-order valence-corrected chi connectivity index (χ3v) is 1.88. The van der Waals surface area contributed by atoms with Gasteiger partial charge in [-0.3, -0.25) is 0 Å². The SMILES string of the molecule is C[C@H](O)c1ccc(Br)cc1. The van der Waals surface area contributed by atoms with E-state index in [1.54, 1.807) is 6.92 Å². The van der Waals surface area contributed by atoms with E-state index in [-0.39, 0.29) is 6.10 Å². The molecule has 0 aliphatic rings. The molecule has 0 heterocycles. The Hall–Kier alpha value is -0.340. The molecule has 2 heteroatoms. The number of aliphatic hydroxyl groups excluding tert-OH is 1. The highest BCUT2D eigenvalue weighted by Gasteiger charge is 1.97. The van der Waals surface area contributed by atoms with Gasteiger partial charge in [0.05, 0.1) is 6.10 Å². The van der Waals surface area contributed by atoms with Crippen molar-refractivity contribution in [1.82, 2.24) is 0 Å². The fourth-order valence-corrected chi connectivity index (χ4v) is 1.01. The van der Waals surface area contributed by atoms with Gasteiger partial charge < -0.3 is 5.11 Å². The van der Waals surface area contributed by atoms with Crippen LogP contribution in [-0.2, 0) is 0 Å². The van der Waals surface area contributed by atoms with Gasteiger partial charge in [0.15, 0.2) is 0 Å². The average Bonchev–Trinajstić information content (AvgIpc) is 1.88. The zero-order chi connectivity index (χ0) is 7.56. The van der Waals surface area contributed by atoms with Crippen molar-refractivity contribution in [3.8, 4) is 0 Å². The summed E-state index contributed by atoms with van der Waals surface area (Å²) in [7, 11) is 0. The van der Waals surface area contributed by atoms with Crippen molar-refractivity contribution in [3.63, 3.8) is 0 Å². The van der Waals surface area contributed by atoms with Crippen LogP contribution in [-0.4, -0.2) is 5.11 Å². The minimum absolute atomic E-state index is 0.368. The monoisotopic (exact) mass is 200 g/mol. The van der Waals surface area contributed by atoms with Crippen LogP contribution >= 0.6 is 15.9 Å². The maximum atomic E-state index is 9.10. The van der Waals surface area contributed by atoms with E-state index in [9.17, 15) is 0 Å². The van der Waals surface area contributed by atoms with Crippen molar-refractivity contribution in [3.05, 3.63) is 34.3 Å². The van der Waals surface area contributed by atoms with E-state index in [1.807, 2.05) is 24.3 Å². The van der Waals surface area contributed by atoms with Crippen LogP contribution in [0.15, 0.2) is 28.7 Å². The van der Waals surface area contributed by atoms with E-state index >= 15 is 0 Å². The van der Waals surface area contributed by atoms with Crippen LogP contribution in [0.25, 0.3) is 0 Å². The molecule has 0 aliphatic heterocycles. The molecule has 0 bridgehead atoms. The van der Waals surface area contributed by atoms with Crippen LogP contribution in [0.5, 0.6) is 0 Å². The number of aliphatic hydroxyl groups is 1.